The Hall–Kier alpha value is -0.120. The first-order valence-corrected chi connectivity index (χ1v) is 7.11. The number of likely N-dealkylation sites (tertiary alicyclic amines) is 1. The van der Waals surface area contributed by atoms with Crippen LogP contribution >= 0.6 is 0 Å². The van der Waals surface area contributed by atoms with Crippen molar-refractivity contribution in [2.24, 2.45) is 5.92 Å². The maximum atomic E-state index is 5.75. The van der Waals surface area contributed by atoms with E-state index in [2.05, 4.69) is 31.1 Å². The Labute approximate surface area is 106 Å². The lowest BCUT2D eigenvalue weighted by Gasteiger charge is -2.37. The van der Waals surface area contributed by atoms with E-state index in [9.17, 15) is 0 Å². The smallest absolute Gasteiger partial charge is 0.0641 e. The summed E-state index contributed by atoms with van der Waals surface area (Å²) < 4.78 is 5.75. The lowest BCUT2D eigenvalue weighted by atomic mass is 9.92. The van der Waals surface area contributed by atoms with E-state index in [4.69, 9.17) is 4.74 Å². The van der Waals surface area contributed by atoms with E-state index < -0.39 is 0 Å². The van der Waals surface area contributed by atoms with Crippen LogP contribution in [0.2, 0.25) is 0 Å². The van der Waals surface area contributed by atoms with Crippen LogP contribution in [-0.2, 0) is 4.74 Å². The molecule has 0 aromatic carbocycles. The highest BCUT2D eigenvalue weighted by atomic mass is 16.5. The van der Waals surface area contributed by atoms with Crippen LogP contribution in [0.1, 0.15) is 39.5 Å². The van der Waals surface area contributed by atoms with Crippen LogP contribution in [0, 0.1) is 5.92 Å². The second-order valence-electron chi connectivity index (χ2n) is 6.45. The molecule has 0 saturated carbocycles. The van der Waals surface area contributed by atoms with Crippen molar-refractivity contribution in [2.75, 3.05) is 33.3 Å². The Morgan fingerprint density at radius 2 is 1.94 bits per heavy atom. The van der Waals surface area contributed by atoms with E-state index in [1.165, 1.54) is 38.9 Å². The molecule has 2 rings (SSSR count). The largest absolute Gasteiger partial charge is 0.375 e. The third-order valence-corrected chi connectivity index (χ3v) is 4.23. The summed E-state index contributed by atoms with van der Waals surface area (Å²) in [5.74, 6) is 0.886. The van der Waals surface area contributed by atoms with Crippen LogP contribution in [-0.4, -0.2) is 49.8 Å². The summed E-state index contributed by atoms with van der Waals surface area (Å²) in [6.07, 6.45) is 5.04. The molecule has 0 aromatic rings. The van der Waals surface area contributed by atoms with Gasteiger partial charge in [0.25, 0.3) is 0 Å². The fraction of sp³-hybridized carbons (Fsp3) is 1.00. The van der Waals surface area contributed by atoms with Gasteiger partial charge in [-0.2, -0.15) is 0 Å². The highest BCUT2D eigenvalue weighted by Gasteiger charge is 2.29. The number of hydrogen-bond acceptors (Lipinski definition) is 3. The average molecular weight is 240 g/mol. The van der Waals surface area contributed by atoms with E-state index in [-0.39, 0.29) is 5.60 Å². The van der Waals surface area contributed by atoms with Crippen molar-refractivity contribution in [3.63, 3.8) is 0 Å². The third kappa shape index (κ3) is 4.23. The zero-order chi connectivity index (χ0) is 12.3. The van der Waals surface area contributed by atoms with Crippen LogP contribution in [0.15, 0.2) is 0 Å². The second-order valence-corrected chi connectivity index (χ2v) is 6.45. The number of hydrogen-bond donors (Lipinski definition) is 1. The van der Waals surface area contributed by atoms with Gasteiger partial charge in [-0.05, 0) is 72.1 Å². The van der Waals surface area contributed by atoms with Crippen LogP contribution in [0.3, 0.4) is 0 Å². The van der Waals surface area contributed by atoms with E-state index in [0.29, 0.717) is 6.04 Å². The number of nitrogens with one attached hydrogen (secondary N) is 1. The molecule has 3 heteroatoms. The summed E-state index contributed by atoms with van der Waals surface area (Å²) >= 11 is 0. The first-order valence-electron chi connectivity index (χ1n) is 7.11. The third-order valence-electron chi connectivity index (χ3n) is 4.23. The van der Waals surface area contributed by atoms with Gasteiger partial charge in [-0.1, -0.05) is 0 Å². The molecule has 2 saturated heterocycles. The van der Waals surface area contributed by atoms with E-state index >= 15 is 0 Å². The number of nitrogens with zero attached hydrogens (tertiary/aromatic N) is 1. The standard InChI is InChI=1S/C14H28N2O/c1-14(2)10-13(6-9-17-14)15-11-12-4-7-16(3)8-5-12/h12-13,15H,4-11H2,1-3H3. The predicted octanol–water partition coefficient (Wildman–Crippen LogP) is 1.88. The summed E-state index contributed by atoms with van der Waals surface area (Å²) in [6, 6.07) is 0.665. The molecule has 1 unspecified atom stereocenters. The Bertz CT molecular complexity index is 234. The molecule has 1 N–H and O–H groups in total. The summed E-state index contributed by atoms with van der Waals surface area (Å²) in [6.45, 7) is 9.07. The average Bonchev–Trinajstić information content (AvgIpc) is 2.27. The van der Waals surface area contributed by atoms with E-state index in [1.807, 2.05) is 0 Å². The quantitative estimate of drug-likeness (QED) is 0.815. The van der Waals surface area contributed by atoms with Crippen molar-refractivity contribution in [2.45, 2.75) is 51.2 Å². The number of piperidine rings is 1. The van der Waals surface area contributed by atoms with Gasteiger partial charge >= 0.3 is 0 Å². The van der Waals surface area contributed by atoms with Crippen molar-refractivity contribution in [3.05, 3.63) is 0 Å². The highest BCUT2D eigenvalue weighted by Crippen LogP contribution is 2.24. The molecule has 2 heterocycles. The monoisotopic (exact) mass is 240 g/mol. The summed E-state index contributed by atoms with van der Waals surface area (Å²) in [7, 11) is 2.23. The molecule has 2 aliphatic heterocycles. The van der Waals surface area contributed by atoms with Crippen molar-refractivity contribution >= 4 is 0 Å². The molecular weight excluding hydrogens is 212 g/mol. The van der Waals surface area contributed by atoms with E-state index in [0.717, 1.165) is 18.9 Å². The predicted molar refractivity (Wildman–Crippen MR) is 71.3 cm³/mol. The molecule has 0 amide bonds. The maximum absolute atomic E-state index is 5.75. The van der Waals surface area contributed by atoms with Gasteiger partial charge in [-0.3, -0.25) is 0 Å². The molecule has 0 radical (unpaired) electrons. The highest BCUT2D eigenvalue weighted by molar-refractivity contribution is 4.84. The molecule has 0 bridgehead atoms. The zero-order valence-corrected chi connectivity index (χ0v) is 11.7. The topological polar surface area (TPSA) is 24.5 Å². The molecule has 0 aliphatic carbocycles. The SMILES string of the molecule is CN1CCC(CNC2CCOC(C)(C)C2)CC1. The van der Waals surface area contributed by atoms with Crippen molar-refractivity contribution < 1.29 is 4.74 Å². The minimum atomic E-state index is 0.0721. The van der Waals surface area contributed by atoms with Gasteiger partial charge in [0, 0.05) is 12.6 Å². The zero-order valence-electron chi connectivity index (χ0n) is 11.7. The second kappa shape index (κ2) is 5.68. The van der Waals surface area contributed by atoms with Gasteiger partial charge in [0.2, 0.25) is 0 Å². The molecule has 2 aliphatic rings. The molecule has 1 atom stereocenters. The molecule has 17 heavy (non-hydrogen) atoms. The molecule has 3 nitrogen and oxygen atoms in total. The minimum absolute atomic E-state index is 0.0721. The fourth-order valence-electron chi connectivity index (χ4n) is 3.01. The lowest BCUT2D eigenvalue weighted by Crippen LogP contribution is -2.46. The van der Waals surface area contributed by atoms with Gasteiger partial charge in [-0.15, -0.1) is 0 Å². The van der Waals surface area contributed by atoms with Gasteiger partial charge in [0.05, 0.1) is 5.60 Å². The first kappa shape index (κ1) is 13.3. The Morgan fingerprint density at radius 3 is 2.59 bits per heavy atom. The molecule has 0 aromatic heterocycles. The summed E-state index contributed by atoms with van der Waals surface area (Å²) in [5.41, 5.74) is 0.0721. The maximum Gasteiger partial charge on any atom is 0.0641 e. The van der Waals surface area contributed by atoms with Crippen LogP contribution in [0.5, 0.6) is 0 Å². The van der Waals surface area contributed by atoms with Crippen molar-refractivity contribution in [1.82, 2.24) is 10.2 Å². The molecule has 0 spiro atoms. The van der Waals surface area contributed by atoms with Gasteiger partial charge in [0.1, 0.15) is 0 Å². The van der Waals surface area contributed by atoms with Crippen LogP contribution < -0.4 is 5.32 Å². The van der Waals surface area contributed by atoms with Gasteiger partial charge < -0.3 is 15.0 Å². The molecule has 2 fully saturated rings. The molecule has 100 valence electrons. The normalized spacial score (nSPS) is 31.6. The Kier molecular flexibility index (Phi) is 4.45. The Morgan fingerprint density at radius 1 is 1.24 bits per heavy atom. The van der Waals surface area contributed by atoms with Crippen LogP contribution in [0.25, 0.3) is 0 Å². The molecular formula is C14H28N2O. The number of ether oxygens (including phenoxy) is 1. The minimum Gasteiger partial charge on any atom is -0.375 e. The van der Waals surface area contributed by atoms with Crippen LogP contribution in [0.4, 0.5) is 0 Å². The number of rotatable bonds is 3. The van der Waals surface area contributed by atoms with Gasteiger partial charge in [0.15, 0.2) is 0 Å². The fourth-order valence-corrected chi connectivity index (χ4v) is 3.01. The van der Waals surface area contributed by atoms with Crippen molar-refractivity contribution in [3.8, 4) is 0 Å². The van der Waals surface area contributed by atoms with E-state index in [1.54, 1.807) is 0 Å². The van der Waals surface area contributed by atoms with Gasteiger partial charge in [-0.25, -0.2) is 0 Å². The first-order chi connectivity index (χ1) is 8.05. The Balaban J connectivity index is 1.68. The summed E-state index contributed by atoms with van der Waals surface area (Å²) in [5, 5.41) is 3.76. The lowest BCUT2D eigenvalue weighted by molar-refractivity contribution is -0.0633. The summed E-state index contributed by atoms with van der Waals surface area (Å²) in [4.78, 5) is 2.44. The van der Waals surface area contributed by atoms with Crippen molar-refractivity contribution in [1.29, 1.82) is 0 Å².